The van der Waals surface area contributed by atoms with Crippen molar-refractivity contribution < 1.29 is 9.18 Å². The second-order valence-corrected chi connectivity index (χ2v) is 4.75. The number of nitrogens with two attached hydrogens (primary N) is 1. The van der Waals surface area contributed by atoms with E-state index < -0.39 is 6.04 Å². The smallest absolute Gasteiger partial charge is 0.159 e. The predicted molar refractivity (Wildman–Crippen MR) is 66.4 cm³/mol. The molecule has 0 radical (unpaired) electrons. The number of ketones is 1. The molecule has 2 rings (SSSR count). The summed E-state index contributed by atoms with van der Waals surface area (Å²) in [5.41, 5.74) is 6.49. The number of hydrogen-bond acceptors (Lipinski definition) is 3. The molecule has 4 heteroatoms. The van der Waals surface area contributed by atoms with Crippen LogP contribution in [0.4, 0.5) is 4.39 Å². The quantitative estimate of drug-likeness (QED) is 0.905. The summed E-state index contributed by atoms with van der Waals surface area (Å²) in [6.07, 6.45) is 0.164. The normalized spacial score (nSPS) is 12.4. The van der Waals surface area contributed by atoms with Gasteiger partial charge in [-0.05, 0) is 29.1 Å². The van der Waals surface area contributed by atoms with Crippen molar-refractivity contribution in [3.8, 4) is 0 Å². The van der Waals surface area contributed by atoms with E-state index in [-0.39, 0.29) is 18.0 Å². The lowest BCUT2D eigenvalue weighted by Crippen LogP contribution is -2.22. The number of carbonyl (C=O) groups excluding carboxylic acids is 1. The van der Waals surface area contributed by atoms with Gasteiger partial charge in [-0.3, -0.25) is 4.79 Å². The Morgan fingerprint density at radius 1 is 1.35 bits per heavy atom. The average Bonchev–Trinajstić information content (AvgIpc) is 2.81. The van der Waals surface area contributed by atoms with Crippen LogP contribution in [0.2, 0.25) is 0 Å². The highest BCUT2D eigenvalue weighted by atomic mass is 32.1. The zero-order valence-corrected chi connectivity index (χ0v) is 9.91. The van der Waals surface area contributed by atoms with Crippen LogP contribution in [0, 0.1) is 5.82 Å². The van der Waals surface area contributed by atoms with Crippen LogP contribution in [0.25, 0.3) is 0 Å². The molecule has 0 amide bonds. The second-order valence-electron chi connectivity index (χ2n) is 3.77. The summed E-state index contributed by atoms with van der Waals surface area (Å²) in [5, 5.41) is 1.88. The Bertz CT molecular complexity index is 510. The van der Waals surface area contributed by atoms with Gasteiger partial charge in [0.15, 0.2) is 5.78 Å². The van der Waals surface area contributed by atoms with Crippen molar-refractivity contribution in [3.63, 3.8) is 0 Å². The first-order valence-corrected chi connectivity index (χ1v) is 6.11. The molecule has 0 aliphatic carbocycles. The minimum atomic E-state index is -0.613. The Kier molecular flexibility index (Phi) is 3.66. The third-order valence-electron chi connectivity index (χ3n) is 2.46. The van der Waals surface area contributed by atoms with E-state index in [0.717, 1.165) is 4.88 Å². The zero-order valence-electron chi connectivity index (χ0n) is 9.10. The van der Waals surface area contributed by atoms with Gasteiger partial charge in [0.25, 0.3) is 0 Å². The summed E-state index contributed by atoms with van der Waals surface area (Å²) >= 11 is 1.45. The van der Waals surface area contributed by atoms with Crippen LogP contribution >= 0.6 is 11.3 Å². The number of halogens is 1. The maximum Gasteiger partial charge on any atom is 0.159 e. The Morgan fingerprint density at radius 2 is 2.18 bits per heavy atom. The molecule has 0 fully saturated rings. The van der Waals surface area contributed by atoms with E-state index in [4.69, 9.17) is 5.73 Å². The van der Waals surface area contributed by atoms with Gasteiger partial charge >= 0.3 is 0 Å². The summed E-state index contributed by atoms with van der Waals surface area (Å²) in [6, 6.07) is 9.11. The third kappa shape index (κ3) is 2.99. The lowest BCUT2D eigenvalue weighted by Gasteiger charge is -2.08. The topological polar surface area (TPSA) is 43.1 Å². The molecule has 1 aromatic carbocycles. The Labute approximate surface area is 103 Å². The average molecular weight is 249 g/mol. The minimum absolute atomic E-state index is 0.0990. The summed E-state index contributed by atoms with van der Waals surface area (Å²) in [4.78, 5) is 12.7. The Balaban J connectivity index is 2.07. The highest BCUT2D eigenvalue weighted by Crippen LogP contribution is 2.19. The van der Waals surface area contributed by atoms with E-state index in [0.29, 0.717) is 5.56 Å². The fourth-order valence-electron chi connectivity index (χ4n) is 1.58. The highest BCUT2D eigenvalue weighted by Gasteiger charge is 2.16. The van der Waals surface area contributed by atoms with E-state index in [9.17, 15) is 9.18 Å². The first-order chi connectivity index (χ1) is 8.16. The van der Waals surface area contributed by atoms with Crippen molar-refractivity contribution in [2.24, 2.45) is 5.73 Å². The van der Waals surface area contributed by atoms with E-state index in [2.05, 4.69) is 0 Å². The SMILES string of the molecule is NC(C(=O)Cc1cccc(F)c1)c1cccs1. The van der Waals surface area contributed by atoms with Gasteiger partial charge in [0, 0.05) is 11.3 Å². The van der Waals surface area contributed by atoms with Gasteiger partial charge in [0.2, 0.25) is 0 Å². The highest BCUT2D eigenvalue weighted by molar-refractivity contribution is 7.10. The van der Waals surface area contributed by atoms with Crippen molar-refractivity contribution in [1.29, 1.82) is 0 Å². The van der Waals surface area contributed by atoms with Crippen LogP contribution in [0.5, 0.6) is 0 Å². The van der Waals surface area contributed by atoms with Gasteiger partial charge in [-0.25, -0.2) is 4.39 Å². The summed E-state index contributed by atoms with van der Waals surface area (Å²) in [6.45, 7) is 0. The van der Waals surface area contributed by atoms with Gasteiger partial charge < -0.3 is 5.73 Å². The molecule has 88 valence electrons. The largest absolute Gasteiger partial charge is 0.317 e. The van der Waals surface area contributed by atoms with Crippen LogP contribution in [-0.4, -0.2) is 5.78 Å². The Hall–Kier alpha value is -1.52. The molecule has 17 heavy (non-hydrogen) atoms. The van der Waals surface area contributed by atoms with Crippen LogP contribution < -0.4 is 5.73 Å². The van der Waals surface area contributed by atoms with Crippen molar-refractivity contribution in [3.05, 3.63) is 58.0 Å². The standard InChI is InChI=1S/C13H12FNOS/c14-10-4-1-3-9(7-10)8-11(16)13(15)12-5-2-6-17-12/h1-7,13H,8,15H2. The first-order valence-electron chi connectivity index (χ1n) is 5.23. The fourth-order valence-corrected chi connectivity index (χ4v) is 2.33. The van der Waals surface area contributed by atoms with Crippen molar-refractivity contribution in [1.82, 2.24) is 0 Å². The number of hydrogen-bond donors (Lipinski definition) is 1. The molecule has 0 spiro atoms. The molecule has 0 saturated heterocycles. The van der Waals surface area contributed by atoms with Crippen molar-refractivity contribution >= 4 is 17.1 Å². The Morgan fingerprint density at radius 3 is 2.82 bits per heavy atom. The van der Waals surface area contributed by atoms with Crippen LogP contribution in [0.3, 0.4) is 0 Å². The maximum absolute atomic E-state index is 13.0. The van der Waals surface area contributed by atoms with Crippen LogP contribution in [0.1, 0.15) is 16.5 Å². The number of carbonyl (C=O) groups is 1. The molecule has 0 bridgehead atoms. The zero-order chi connectivity index (χ0) is 12.3. The third-order valence-corrected chi connectivity index (χ3v) is 3.42. The maximum atomic E-state index is 13.0. The number of Topliss-reactive ketones (excluding diaryl/α,β-unsaturated/α-hetero) is 1. The summed E-state index contributed by atoms with van der Waals surface area (Å²) in [7, 11) is 0. The molecule has 2 nitrogen and oxygen atoms in total. The number of benzene rings is 1. The van der Waals surface area contributed by atoms with Gasteiger partial charge in [0.1, 0.15) is 5.82 Å². The predicted octanol–water partition coefficient (Wildman–Crippen LogP) is 2.70. The second kappa shape index (κ2) is 5.21. The fraction of sp³-hybridized carbons (Fsp3) is 0.154. The van der Waals surface area contributed by atoms with Gasteiger partial charge in [-0.1, -0.05) is 18.2 Å². The number of thiophene rings is 1. The van der Waals surface area contributed by atoms with Gasteiger partial charge in [-0.2, -0.15) is 0 Å². The van der Waals surface area contributed by atoms with E-state index in [1.807, 2.05) is 17.5 Å². The van der Waals surface area contributed by atoms with Gasteiger partial charge in [-0.15, -0.1) is 11.3 Å². The lowest BCUT2D eigenvalue weighted by molar-refractivity contribution is -0.119. The van der Waals surface area contributed by atoms with Crippen LogP contribution in [-0.2, 0) is 11.2 Å². The molecule has 2 N–H and O–H groups in total. The lowest BCUT2D eigenvalue weighted by atomic mass is 10.0. The van der Waals surface area contributed by atoms with Crippen molar-refractivity contribution in [2.75, 3.05) is 0 Å². The number of rotatable bonds is 4. The van der Waals surface area contributed by atoms with E-state index in [1.54, 1.807) is 12.1 Å². The van der Waals surface area contributed by atoms with E-state index >= 15 is 0 Å². The minimum Gasteiger partial charge on any atom is -0.317 e. The molecular formula is C13H12FNOS. The molecule has 0 aliphatic rings. The van der Waals surface area contributed by atoms with Crippen molar-refractivity contribution in [2.45, 2.75) is 12.5 Å². The molecule has 0 saturated carbocycles. The summed E-state index contributed by atoms with van der Waals surface area (Å²) in [5.74, 6) is -0.432. The molecule has 0 aliphatic heterocycles. The molecule has 1 heterocycles. The molecule has 1 unspecified atom stereocenters. The summed E-state index contributed by atoms with van der Waals surface area (Å²) < 4.78 is 13.0. The monoisotopic (exact) mass is 249 g/mol. The van der Waals surface area contributed by atoms with Gasteiger partial charge in [0.05, 0.1) is 6.04 Å². The molecular weight excluding hydrogens is 237 g/mol. The van der Waals surface area contributed by atoms with Crippen LogP contribution in [0.15, 0.2) is 41.8 Å². The first kappa shape index (κ1) is 12.0. The van der Waals surface area contributed by atoms with E-state index in [1.165, 1.54) is 23.5 Å². The molecule has 1 aromatic heterocycles. The molecule has 1 atom stereocenters. The molecule has 2 aromatic rings.